The third-order valence-electron chi connectivity index (χ3n) is 2.49. The number of halogens is 1. The lowest BCUT2D eigenvalue weighted by Gasteiger charge is -2.06. The molecule has 0 aliphatic heterocycles. The monoisotopic (exact) mass is 249 g/mol. The minimum Gasteiger partial charge on any atom is -0.422 e. The second-order valence-corrected chi connectivity index (χ2v) is 4.21. The van der Waals surface area contributed by atoms with Gasteiger partial charge in [-0.25, -0.2) is 4.79 Å². The van der Waals surface area contributed by atoms with Crippen molar-refractivity contribution in [1.82, 2.24) is 4.57 Å². The lowest BCUT2D eigenvalue weighted by atomic mass is 10.2. The number of ether oxygens (including phenoxy) is 1. The Labute approximate surface area is 105 Å². The third kappa shape index (κ3) is 2.50. The van der Waals surface area contributed by atoms with Gasteiger partial charge in [0.2, 0.25) is 0 Å². The van der Waals surface area contributed by atoms with Crippen molar-refractivity contribution in [3.05, 3.63) is 52.8 Å². The molecule has 0 aliphatic rings. The summed E-state index contributed by atoms with van der Waals surface area (Å²) >= 11 is 5.90. The van der Waals surface area contributed by atoms with Crippen LogP contribution < -0.4 is 4.74 Å². The van der Waals surface area contributed by atoms with Gasteiger partial charge in [0.1, 0.15) is 11.4 Å². The van der Waals surface area contributed by atoms with Crippen LogP contribution in [0.1, 0.15) is 16.1 Å². The molecule has 88 valence electrons. The summed E-state index contributed by atoms with van der Waals surface area (Å²) in [4.78, 5) is 11.8. The number of esters is 1. The van der Waals surface area contributed by atoms with Crippen molar-refractivity contribution in [3.63, 3.8) is 0 Å². The van der Waals surface area contributed by atoms with Crippen LogP contribution in [0.25, 0.3) is 0 Å². The summed E-state index contributed by atoms with van der Waals surface area (Å²) in [5, 5.41) is 0.656. The number of rotatable bonds is 2. The van der Waals surface area contributed by atoms with E-state index >= 15 is 0 Å². The number of benzene rings is 1. The number of carbonyl (C=O) groups is 1. The minimum absolute atomic E-state index is 0.376. The summed E-state index contributed by atoms with van der Waals surface area (Å²) in [6.45, 7) is 1.86. The van der Waals surface area contributed by atoms with Gasteiger partial charge in [0.15, 0.2) is 0 Å². The van der Waals surface area contributed by atoms with Crippen LogP contribution in [0.15, 0.2) is 36.5 Å². The molecule has 0 saturated carbocycles. The molecule has 17 heavy (non-hydrogen) atoms. The molecule has 0 saturated heterocycles. The van der Waals surface area contributed by atoms with Gasteiger partial charge < -0.3 is 9.30 Å². The molecule has 4 heteroatoms. The van der Waals surface area contributed by atoms with E-state index < -0.39 is 0 Å². The molecule has 0 atom stereocenters. The van der Waals surface area contributed by atoms with Crippen molar-refractivity contribution in [2.45, 2.75) is 6.92 Å². The molecule has 0 fully saturated rings. The predicted octanol–water partition coefficient (Wildman–Crippen LogP) is 3.21. The summed E-state index contributed by atoms with van der Waals surface area (Å²) in [6, 6.07) is 8.64. The van der Waals surface area contributed by atoms with E-state index in [0.29, 0.717) is 16.5 Å². The van der Waals surface area contributed by atoms with Crippen LogP contribution in [0.3, 0.4) is 0 Å². The molecule has 0 amide bonds. The van der Waals surface area contributed by atoms with Crippen LogP contribution in [0.4, 0.5) is 0 Å². The lowest BCUT2D eigenvalue weighted by molar-refractivity contribution is 0.0725. The fraction of sp³-hybridized carbons (Fsp3) is 0.154. The zero-order chi connectivity index (χ0) is 12.4. The molecule has 0 unspecified atom stereocenters. The van der Waals surface area contributed by atoms with E-state index in [1.165, 1.54) is 0 Å². The Morgan fingerprint density at radius 3 is 2.71 bits per heavy atom. The number of aromatic nitrogens is 1. The standard InChI is InChI=1S/C13H12ClNO2/c1-9-8-10(5-6-11(9)14)17-13(16)12-4-3-7-15(12)2/h3-8H,1-2H3. The van der Waals surface area contributed by atoms with Crippen LogP contribution in [0.5, 0.6) is 5.75 Å². The molecular formula is C13H12ClNO2. The number of carbonyl (C=O) groups excluding carboxylic acids is 1. The minimum atomic E-state index is -0.376. The summed E-state index contributed by atoms with van der Waals surface area (Å²) in [6.07, 6.45) is 1.80. The first-order valence-corrected chi connectivity index (χ1v) is 5.55. The highest BCUT2D eigenvalue weighted by Crippen LogP contribution is 2.21. The third-order valence-corrected chi connectivity index (χ3v) is 2.92. The molecule has 3 nitrogen and oxygen atoms in total. The van der Waals surface area contributed by atoms with Gasteiger partial charge in [-0.05, 0) is 42.8 Å². The average Bonchev–Trinajstić information content (AvgIpc) is 2.70. The van der Waals surface area contributed by atoms with Gasteiger partial charge in [-0.3, -0.25) is 0 Å². The zero-order valence-electron chi connectivity index (χ0n) is 9.61. The number of nitrogens with zero attached hydrogens (tertiary/aromatic N) is 1. The van der Waals surface area contributed by atoms with Gasteiger partial charge >= 0.3 is 5.97 Å². The first kappa shape index (κ1) is 11.7. The molecule has 0 aliphatic carbocycles. The Morgan fingerprint density at radius 1 is 1.35 bits per heavy atom. The Morgan fingerprint density at radius 2 is 2.12 bits per heavy atom. The number of aryl methyl sites for hydroxylation is 2. The summed E-state index contributed by atoms with van der Waals surface area (Å²) in [5.41, 5.74) is 1.39. The second kappa shape index (κ2) is 4.63. The SMILES string of the molecule is Cc1cc(OC(=O)c2cccn2C)ccc1Cl. The van der Waals surface area contributed by atoms with E-state index in [1.54, 1.807) is 48.1 Å². The maximum atomic E-state index is 11.8. The van der Waals surface area contributed by atoms with Crippen LogP contribution in [-0.2, 0) is 7.05 Å². The highest BCUT2D eigenvalue weighted by molar-refractivity contribution is 6.31. The first-order chi connectivity index (χ1) is 8.08. The van der Waals surface area contributed by atoms with Gasteiger partial charge in [-0.2, -0.15) is 0 Å². The molecule has 2 aromatic rings. The molecule has 2 rings (SSSR count). The van der Waals surface area contributed by atoms with Gasteiger partial charge in [0.05, 0.1) is 0 Å². The number of hydrogen-bond acceptors (Lipinski definition) is 2. The maximum Gasteiger partial charge on any atom is 0.360 e. The van der Waals surface area contributed by atoms with Crippen LogP contribution in [0, 0.1) is 6.92 Å². The first-order valence-electron chi connectivity index (χ1n) is 5.17. The highest BCUT2D eigenvalue weighted by atomic mass is 35.5. The highest BCUT2D eigenvalue weighted by Gasteiger charge is 2.11. The largest absolute Gasteiger partial charge is 0.422 e. The fourth-order valence-electron chi connectivity index (χ4n) is 1.51. The normalized spacial score (nSPS) is 10.3. The van der Waals surface area contributed by atoms with Crippen molar-refractivity contribution in [2.75, 3.05) is 0 Å². The fourth-order valence-corrected chi connectivity index (χ4v) is 1.63. The van der Waals surface area contributed by atoms with Crippen molar-refractivity contribution >= 4 is 17.6 Å². The second-order valence-electron chi connectivity index (χ2n) is 3.80. The van der Waals surface area contributed by atoms with Crippen molar-refractivity contribution in [3.8, 4) is 5.75 Å². The topological polar surface area (TPSA) is 31.2 Å². The molecule has 1 heterocycles. The molecule has 1 aromatic carbocycles. The predicted molar refractivity (Wildman–Crippen MR) is 66.6 cm³/mol. The summed E-state index contributed by atoms with van der Waals surface area (Å²) < 4.78 is 6.97. The van der Waals surface area contributed by atoms with Crippen LogP contribution in [0.2, 0.25) is 5.02 Å². The summed E-state index contributed by atoms with van der Waals surface area (Å²) in [7, 11) is 1.80. The Hall–Kier alpha value is -1.74. The van der Waals surface area contributed by atoms with Crippen LogP contribution >= 0.6 is 11.6 Å². The van der Waals surface area contributed by atoms with Crippen molar-refractivity contribution in [1.29, 1.82) is 0 Å². The molecular weight excluding hydrogens is 238 g/mol. The molecule has 1 aromatic heterocycles. The maximum absolute atomic E-state index is 11.8. The molecule has 0 radical (unpaired) electrons. The van der Waals surface area contributed by atoms with Gasteiger partial charge in [-0.1, -0.05) is 11.6 Å². The Bertz CT molecular complexity index is 560. The van der Waals surface area contributed by atoms with Crippen LogP contribution in [-0.4, -0.2) is 10.5 Å². The molecule has 0 N–H and O–H groups in total. The van der Waals surface area contributed by atoms with Gasteiger partial charge in [-0.15, -0.1) is 0 Å². The quantitative estimate of drug-likeness (QED) is 0.605. The average molecular weight is 250 g/mol. The van der Waals surface area contributed by atoms with Crippen molar-refractivity contribution < 1.29 is 9.53 Å². The smallest absolute Gasteiger partial charge is 0.360 e. The van der Waals surface area contributed by atoms with E-state index in [9.17, 15) is 4.79 Å². The van der Waals surface area contributed by atoms with E-state index in [4.69, 9.17) is 16.3 Å². The Balaban J connectivity index is 2.19. The zero-order valence-corrected chi connectivity index (χ0v) is 10.4. The van der Waals surface area contributed by atoms with Crippen molar-refractivity contribution in [2.24, 2.45) is 7.05 Å². The summed E-state index contributed by atoms with van der Waals surface area (Å²) in [5.74, 6) is 0.123. The van der Waals surface area contributed by atoms with E-state index in [1.807, 2.05) is 6.92 Å². The number of hydrogen-bond donors (Lipinski definition) is 0. The van der Waals surface area contributed by atoms with E-state index in [0.717, 1.165) is 5.56 Å². The molecule has 0 bridgehead atoms. The van der Waals surface area contributed by atoms with Gasteiger partial charge in [0, 0.05) is 18.3 Å². The Kier molecular flexibility index (Phi) is 3.20. The lowest BCUT2D eigenvalue weighted by Crippen LogP contribution is -2.12. The van der Waals surface area contributed by atoms with E-state index in [-0.39, 0.29) is 5.97 Å². The van der Waals surface area contributed by atoms with E-state index in [2.05, 4.69) is 0 Å². The molecule has 0 spiro atoms. The van der Waals surface area contributed by atoms with Gasteiger partial charge in [0.25, 0.3) is 0 Å².